The molecule has 5 heteroatoms. The molecule has 0 fully saturated rings. The maximum absolute atomic E-state index is 11.7. The Hall–Kier alpha value is -3.47. The van der Waals surface area contributed by atoms with E-state index in [4.69, 9.17) is 14.2 Å². The summed E-state index contributed by atoms with van der Waals surface area (Å²) in [7, 11) is 2.88. The van der Waals surface area contributed by atoms with Gasteiger partial charge in [0, 0.05) is 0 Å². The van der Waals surface area contributed by atoms with Gasteiger partial charge in [-0.2, -0.15) is 0 Å². The predicted molar refractivity (Wildman–Crippen MR) is 101 cm³/mol. The molecule has 0 radical (unpaired) electrons. The largest absolute Gasteiger partial charge is 0.508 e. The molecule has 0 aliphatic rings. The summed E-state index contributed by atoms with van der Waals surface area (Å²) in [4.78, 5) is 11.7. The second-order valence-electron chi connectivity index (χ2n) is 5.71. The molecule has 0 heterocycles. The van der Waals surface area contributed by atoms with Gasteiger partial charge in [-0.05, 0) is 47.5 Å². The van der Waals surface area contributed by atoms with Crippen LogP contribution in [0.3, 0.4) is 0 Å². The quantitative estimate of drug-likeness (QED) is 0.551. The zero-order chi connectivity index (χ0) is 19.1. The fraction of sp³-hybridized carbons (Fsp3) is 0.136. The van der Waals surface area contributed by atoms with Crippen molar-refractivity contribution in [1.29, 1.82) is 0 Å². The van der Waals surface area contributed by atoms with Crippen molar-refractivity contribution in [3.8, 4) is 17.2 Å². The minimum absolute atomic E-state index is 0.603. The van der Waals surface area contributed by atoms with E-state index in [2.05, 4.69) is 4.74 Å². The van der Waals surface area contributed by atoms with E-state index in [1.54, 1.807) is 7.11 Å². The molecule has 0 N–H and O–H groups in total. The van der Waals surface area contributed by atoms with Gasteiger partial charge in [0.1, 0.15) is 17.2 Å². The van der Waals surface area contributed by atoms with Gasteiger partial charge in [-0.25, -0.2) is 4.79 Å². The molecular formula is C22H20O5. The molecule has 5 nitrogen and oxygen atoms in total. The van der Waals surface area contributed by atoms with E-state index in [9.17, 15) is 4.79 Å². The fourth-order valence-electron chi connectivity index (χ4n) is 2.59. The lowest BCUT2D eigenvalue weighted by molar-refractivity contribution is 0.0498. The van der Waals surface area contributed by atoms with Gasteiger partial charge in [-0.3, -0.25) is 0 Å². The number of ether oxygens (including phenoxy) is 4. The van der Waals surface area contributed by atoms with E-state index >= 15 is 0 Å². The third kappa shape index (κ3) is 4.79. The molecule has 0 aliphatic carbocycles. The molecule has 0 spiro atoms. The number of para-hydroxylation sites is 1. The van der Waals surface area contributed by atoms with Gasteiger partial charge in [0.2, 0.25) is 0 Å². The minimum atomic E-state index is -0.750. The number of carbonyl (C=O) groups excluding carboxylic acids is 1. The fourth-order valence-corrected chi connectivity index (χ4v) is 2.59. The number of benzene rings is 3. The molecule has 0 saturated heterocycles. The molecule has 0 amide bonds. The van der Waals surface area contributed by atoms with Crippen LogP contribution >= 0.6 is 0 Å². The highest BCUT2D eigenvalue weighted by Gasteiger charge is 2.20. The summed E-state index contributed by atoms with van der Waals surface area (Å²) in [6, 6.07) is 24.2. The molecule has 27 heavy (non-hydrogen) atoms. The van der Waals surface area contributed by atoms with E-state index in [1.165, 1.54) is 7.11 Å². The topological polar surface area (TPSA) is 54.0 Å². The van der Waals surface area contributed by atoms with E-state index in [0.717, 1.165) is 22.6 Å². The van der Waals surface area contributed by atoms with Crippen LogP contribution in [0.1, 0.15) is 17.2 Å². The van der Waals surface area contributed by atoms with Crippen molar-refractivity contribution in [2.45, 2.75) is 6.10 Å². The average molecular weight is 364 g/mol. The highest BCUT2D eigenvalue weighted by molar-refractivity contribution is 5.61. The highest BCUT2D eigenvalue weighted by Crippen LogP contribution is 2.30. The number of rotatable bonds is 6. The molecule has 0 aromatic heterocycles. The van der Waals surface area contributed by atoms with Gasteiger partial charge in [0.15, 0.2) is 6.10 Å². The van der Waals surface area contributed by atoms with Crippen molar-refractivity contribution in [1.82, 2.24) is 0 Å². The summed E-state index contributed by atoms with van der Waals surface area (Å²) in [5.74, 6) is 2.17. The summed E-state index contributed by atoms with van der Waals surface area (Å²) in [5.41, 5.74) is 1.60. The van der Waals surface area contributed by atoms with Crippen LogP contribution in [0, 0.1) is 0 Å². The van der Waals surface area contributed by atoms with Gasteiger partial charge in [-0.1, -0.05) is 42.5 Å². The maximum atomic E-state index is 11.7. The highest BCUT2D eigenvalue weighted by atomic mass is 16.7. The van der Waals surface area contributed by atoms with Crippen molar-refractivity contribution in [3.63, 3.8) is 0 Å². The summed E-state index contributed by atoms with van der Waals surface area (Å²) < 4.78 is 21.1. The first-order chi connectivity index (χ1) is 13.2. The Bertz CT molecular complexity index is 857. The van der Waals surface area contributed by atoms with E-state index in [1.807, 2.05) is 78.9 Å². The van der Waals surface area contributed by atoms with Crippen molar-refractivity contribution < 1.29 is 23.7 Å². The van der Waals surface area contributed by atoms with Crippen LogP contribution in [-0.2, 0) is 9.47 Å². The lowest BCUT2D eigenvalue weighted by Gasteiger charge is -2.18. The standard InChI is InChI=1S/C22H20O5/c1-24-18-12-8-16(9-13-18)21(27-22(23)25-2)17-10-14-20(15-11-17)26-19-6-4-3-5-7-19/h3-15,21H,1-2H3. The molecule has 3 aromatic carbocycles. The number of carbonyl (C=O) groups is 1. The number of hydrogen-bond donors (Lipinski definition) is 0. The van der Waals surface area contributed by atoms with Crippen LogP contribution in [0.4, 0.5) is 4.79 Å². The smallest absolute Gasteiger partial charge is 0.497 e. The Kier molecular flexibility index (Phi) is 5.94. The normalized spacial score (nSPS) is 11.3. The first-order valence-electron chi connectivity index (χ1n) is 8.41. The third-order valence-corrected chi connectivity index (χ3v) is 3.96. The summed E-state index contributed by atoms with van der Waals surface area (Å²) in [5, 5.41) is 0. The Labute approximate surface area is 158 Å². The molecular weight excluding hydrogens is 344 g/mol. The molecule has 138 valence electrons. The van der Waals surface area contributed by atoms with Gasteiger partial charge < -0.3 is 18.9 Å². The number of methoxy groups -OCH3 is 2. The second-order valence-corrected chi connectivity index (χ2v) is 5.71. The average Bonchev–Trinajstić information content (AvgIpc) is 2.73. The molecule has 0 aliphatic heterocycles. The Morgan fingerprint density at radius 3 is 1.74 bits per heavy atom. The van der Waals surface area contributed by atoms with Gasteiger partial charge >= 0.3 is 6.16 Å². The van der Waals surface area contributed by atoms with E-state index in [-0.39, 0.29) is 0 Å². The first-order valence-corrected chi connectivity index (χ1v) is 8.41. The zero-order valence-corrected chi connectivity index (χ0v) is 15.1. The van der Waals surface area contributed by atoms with E-state index < -0.39 is 12.3 Å². The summed E-state index contributed by atoms with van der Waals surface area (Å²) >= 11 is 0. The van der Waals surface area contributed by atoms with Crippen LogP contribution in [0.5, 0.6) is 17.2 Å². The second kappa shape index (κ2) is 8.76. The Balaban J connectivity index is 1.83. The maximum Gasteiger partial charge on any atom is 0.508 e. The molecule has 0 bridgehead atoms. The molecule has 1 unspecified atom stereocenters. The molecule has 0 saturated carbocycles. The summed E-state index contributed by atoms with van der Waals surface area (Å²) in [6.07, 6.45) is -1.35. The SMILES string of the molecule is COC(=O)OC(c1ccc(OC)cc1)c1ccc(Oc2ccccc2)cc1. The minimum Gasteiger partial charge on any atom is -0.497 e. The van der Waals surface area contributed by atoms with Crippen LogP contribution in [0.25, 0.3) is 0 Å². The lowest BCUT2D eigenvalue weighted by atomic mass is 10.0. The van der Waals surface area contributed by atoms with Crippen molar-refractivity contribution >= 4 is 6.16 Å². The molecule has 3 rings (SSSR count). The monoisotopic (exact) mass is 364 g/mol. The van der Waals surface area contributed by atoms with Crippen LogP contribution in [-0.4, -0.2) is 20.4 Å². The third-order valence-electron chi connectivity index (χ3n) is 3.96. The van der Waals surface area contributed by atoms with Crippen LogP contribution < -0.4 is 9.47 Å². The molecule has 1 atom stereocenters. The zero-order valence-electron chi connectivity index (χ0n) is 15.1. The van der Waals surface area contributed by atoms with Crippen LogP contribution in [0.2, 0.25) is 0 Å². The molecule has 3 aromatic rings. The lowest BCUT2D eigenvalue weighted by Crippen LogP contribution is -2.12. The first kappa shape index (κ1) is 18.3. The van der Waals surface area contributed by atoms with Crippen molar-refractivity contribution in [2.75, 3.05) is 14.2 Å². The number of hydrogen-bond acceptors (Lipinski definition) is 5. The predicted octanol–water partition coefficient (Wildman–Crippen LogP) is 5.36. The Morgan fingerprint density at radius 2 is 1.22 bits per heavy atom. The van der Waals surface area contributed by atoms with Crippen molar-refractivity contribution in [2.24, 2.45) is 0 Å². The summed E-state index contributed by atoms with van der Waals surface area (Å²) in [6.45, 7) is 0. The van der Waals surface area contributed by atoms with Crippen molar-refractivity contribution in [3.05, 3.63) is 90.0 Å². The van der Waals surface area contributed by atoms with Gasteiger partial charge in [-0.15, -0.1) is 0 Å². The van der Waals surface area contributed by atoms with Gasteiger partial charge in [0.05, 0.1) is 14.2 Å². The van der Waals surface area contributed by atoms with Gasteiger partial charge in [0.25, 0.3) is 0 Å². The Morgan fingerprint density at radius 1 is 0.704 bits per heavy atom. The van der Waals surface area contributed by atoms with E-state index in [0.29, 0.717) is 5.75 Å². The van der Waals surface area contributed by atoms with Crippen LogP contribution in [0.15, 0.2) is 78.9 Å².